The fraction of sp³-hybridized carbons (Fsp3) is 0.154. The predicted octanol–water partition coefficient (Wildman–Crippen LogP) is 2.78. The minimum absolute atomic E-state index is 0.253. The molecule has 1 aromatic carbocycles. The Morgan fingerprint density at radius 2 is 2.00 bits per heavy atom. The number of nitro groups is 1. The van der Waals surface area contributed by atoms with Gasteiger partial charge >= 0.3 is 0 Å². The van der Waals surface area contributed by atoms with Crippen LogP contribution in [0.3, 0.4) is 0 Å². The van der Waals surface area contributed by atoms with Crippen molar-refractivity contribution in [1.82, 2.24) is 4.98 Å². The third-order valence-electron chi connectivity index (χ3n) is 2.64. The fourth-order valence-corrected chi connectivity index (χ4v) is 1.65. The lowest BCUT2D eigenvalue weighted by atomic mass is 10.2. The maximum absolute atomic E-state index is 13.6. The molecule has 0 aliphatic carbocycles. The van der Waals surface area contributed by atoms with Crippen LogP contribution in [0.25, 0.3) is 0 Å². The van der Waals surface area contributed by atoms with E-state index >= 15 is 0 Å². The molecule has 0 atom stereocenters. The number of nitrogens with one attached hydrogen (secondary N) is 1. The van der Waals surface area contributed by atoms with Gasteiger partial charge in [-0.3, -0.25) is 15.1 Å². The van der Waals surface area contributed by atoms with Crippen LogP contribution >= 0.6 is 0 Å². The Morgan fingerprint density at radius 1 is 1.26 bits per heavy atom. The molecule has 1 aromatic heterocycles. The van der Waals surface area contributed by atoms with Gasteiger partial charge in [0, 0.05) is 25.0 Å². The number of nitrogens with zero attached hydrogens (tertiary/aromatic N) is 2. The van der Waals surface area contributed by atoms with Crippen LogP contribution in [-0.4, -0.2) is 16.5 Å². The molecule has 5 nitrogen and oxygen atoms in total. The maximum Gasteiger partial charge on any atom is 0.272 e. The monoisotopic (exact) mass is 261 g/mol. The molecule has 6 heteroatoms. The van der Waals surface area contributed by atoms with E-state index in [1.54, 1.807) is 12.4 Å². The average Bonchev–Trinajstić information content (AvgIpc) is 2.41. The average molecular weight is 261 g/mol. The van der Waals surface area contributed by atoms with Crippen molar-refractivity contribution in [3.8, 4) is 0 Å². The Bertz CT molecular complexity index is 575. The molecule has 0 unspecified atom stereocenters. The van der Waals surface area contributed by atoms with Gasteiger partial charge in [0.2, 0.25) is 0 Å². The van der Waals surface area contributed by atoms with Crippen molar-refractivity contribution in [2.75, 3.05) is 11.9 Å². The number of anilines is 1. The molecule has 0 radical (unpaired) electrons. The highest BCUT2D eigenvalue weighted by Gasteiger charge is 2.09. The van der Waals surface area contributed by atoms with Gasteiger partial charge in [-0.25, -0.2) is 4.39 Å². The maximum atomic E-state index is 13.6. The summed E-state index contributed by atoms with van der Waals surface area (Å²) in [7, 11) is 0. The van der Waals surface area contributed by atoms with Gasteiger partial charge in [0.1, 0.15) is 0 Å². The molecule has 1 heterocycles. The fourth-order valence-electron chi connectivity index (χ4n) is 1.65. The van der Waals surface area contributed by atoms with Crippen molar-refractivity contribution in [1.29, 1.82) is 0 Å². The van der Waals surface area contributed by atoms with Gasteiger partial charge in [-0.2, -0.15) is 0 Å². The lowest BCUT2D eigenvalue weighted by Gasteiger charge is -2.07. The van der Waals surface area contributed by atoms with Gasteiger partial charge in [0.05, 0.1) is 16.7 Å². The first-order chi connectivity index (χ1) is 9.16. The van der Waals surface area contributed by atoms with Crippen molar-refractivity contribution in [2.24, 2.45) is 0 Å². The second-order valence-electron chi connectivity index (χ2n) is 3.95. The van der Waals surface area contributed by atoms with E-state index in [-0.39, 0.29) is 11.4 Å². The van der Waals surface area contributed by atoms with E-state index in [2.05, 4.69) is 10.3 Å². The van der Waals surface area contributed by atoms with Crippen LogP contribution in [0.15, 0.2) is 42.7 Å². The molecule has 19 heavy (non-hydrogen) atoms. The van der Waals surface area contributed by atoms with Crippen molar-refractivity contribution < 1.29 is 9.31 Å². The molecular weight excluding hydrogens is 249 g/mol. The Morgan fingerprint density at radius 3 is 2.63 bits per heavy atom. The van der Waals surface area contributed by atoms with Gasteiger partial charge in [0.15, 0.2) is 5.82 Å². The van der Waals surface area contributed by atoms with E-state index in [4.69, 9.17) is 0 Å². The highest BCUT2D eigenvalue weighted by Crippen LogP contribution is 2.20. The Balaban J connectivity index is 1.95. The number of rotatable bonds is 5. The first kappa shape index (κ1) is 12.9. The zero-order valence-corrected chi connectivity index (χ0v) is 10.0. The van der Waals surface area contributed by atoms with Gasteiger partial charge in [-0.05, 0) is 30.2 Å². The largest absolute Gasteiger partial charge is 0.382 e. The van der Waals surface area contributed by atoms with Gasteiger partial charge in [0.25, 0.3) is 5.69 Å². The second-order valence-corrected chi connectivity index (χ2v) is 3.95. The Hall–Kier alpha value is -2.50. The first-order valence-electron chi connectivity index (χ1n) is 5.73. The molecule has 0 aliphatic rings. The van der Waals surface area contributed by atoms with Crippen LogP contribution in [0.5, 0.6) is 0 Å². The number of non-ortho nitro benzene ring substituents is 1. The van der Waals surface area contributed by atoms with Gasteiger partial charge in [-0.15, -0.1) is 0 Å². The molecule has 1 N–H and O–H groups in total. The van der Waals surface area contributed by atoms with Crippen molar-refractivity contribution in [3.05, 3.63) is 64.2 Å². The van der Waals surface area contributed by atoms with Crippen molar-refractivity contribution in [3.63, 3.8) is 0 Å². The standard InChI is InChI=1S/C13H12FN3O2/c14-12-9-11(17(18)19)1-2-13(12)16-8-5-10-3-6-15-7-4-10/h1-4,6-7,9,16H,5,8H2. The predicted molar refractivity (Wildman–Crippen MR) is 69.5 cm³/mol. The molecule has 2 rings (SSSR count). The Kier molecular flexibility index (Phi) is 4.02. The van der Waals surface area contributed by atoms with Crippen LogP contribution in [-0.2, 0) is 6.42 Å². The van der Waals surface area contributed by atoms with Crippen molar-refractivity contribution >= 4 is 11.4 Å². The molecule has 2 aromatic rings. The molecule has 0 saturated carbocycles. The zero-order valence-electron chi connectivity index (χ0n) is 10.0. The summed E-state index contributed by atoms with van der Waals surface area (Å²) in [4.78, 5) is 13.8. The van der Waals surface area contributed by atoms with Gasteiger partial charge < -0.3 is 5.32 Å². The zero-order chi connectivity index (χ0) is 13.7. The lowest BCUT2D eigenvalue weighted by molar-refractivity contribution is -0.385. The second kappa shape index (κ2) is 5.90. The normalized spacial score (nSPS) is 10.2. The summed E-state index contributed by atoms with van der Waals surface area (Å²) in [5.41, 5.74) is 1.10. The molecule has 0 saturated heterocycles. The van der Waals surface area contributed by atoms with Crippen LogP contribution in [0.4, 0.5) is 15.8 Å². The molecule has 0 bridgehead atoms. The van der Waals surface area contributed by atoms with E-state index in [1.807, 2.05) is 12.1 Å². The molecule has 0 fully saturated rings. The summed E-state index contributed by atoms with van der Waals surface area (Å²) in [5.74, 6) is -0.621. The number of benzene rings is 1. The lowest BCUT2D eigenvalue weighted by Crippen LogP contribution is -2.06. The third-order valence-corrected chi connectivity index (χ3v) is 2.64. The number of aromatic nitrogens is 1. The van der Waals surface area contributed by atoms with E-state index in [0.717, 1.165) is 18.1 Å². The van der Waals surface area contributed by atoms with E-state index in [1.165, 1.54) is 12.1 Å². The minimum Gasteiger partial charge on any atom is -0.382 e. The number of hydrogen-bond donors (Lipinski definition) is 1. The van der Waals surface area contributed by atoms with E-state index in [9.17, 15) is 14.5 Å². The summed E-state index contributed by atoms with van der Waals surface area (Å²) in [6.45, 7) is 0.540. The minimum atomic E-state index is -0.621. The third kappa shape index (κ3) is 3.48. The van der Waals surface area contributed by atoms with Crippen LogP contribution < -0.4 is 5.32 Å². The van der Waals surface area contributed by atoms with Crippen LogP contribution in [0.2, 0.25) is 0 Å². The summed E-state index contributed by atoms with van der Waals surface area (Å²) in [6.07, 6.45) is 4.11. The van der Waals surface area contributed by atoms with Crippen LogP contribution in [0.1, 0.15) is 5.56 Å². The molecule has 0 aliphatic heterocycles. The molecule has 0 spiro atoms. The van der Waals surface area contributed by atoms with Gasteiger partial charge in [-0.1, -0.05) is 0 Å². The first-order valence-corrected chi connectivity index (χ1v) is 5.73. The number of nitro benzene ring substituents is 1. The Labute approximate surface area is 109 Å². The topological polar surface area (TPSA) is 68.1 Å². The quantitative estimate of drug-likeness (QED) is 0.663. The molecular formula is C13H12FN3O2. The summed E-state index contributed by atoms with van der Waals surface area (Å²) >= 11 is 0. The summed E-state index contributed by atoms with van der Waals surface area (Å²) in [5, 5.41) is 13.4. The molecule has 98 valence electrons. The summed E-state index contributed by atoms with van der Waals surface area (Å²) < 4.78 is 13.6. The van der Waals surface area contributed by atoms with Crippen molar-refractivity contribution in [2.45, 2.75) is 6.42 Å². The SMILES string of the molecule is O=[N+]([O-])c1ccc(NCCc2ccncc2)c(F)c1. The number of pyridine rings is 1. The highest BCUT2D eigenvalue weighted by molar-refractivity contribution is 5.50. The van der Waals surface area contributed by atoms with Crippen LogP contribution in [0, 0.1) is 15.9 Å². The highest BCUT2D eigenvalue weighted by atomic mass is 19.1. The molecule has 0 amide bonds. The smallest absolute Gasteiger partial charge is 0.272 e. The van der Waals surface area contributed by atoms with E-state index in [0.29, 0.717) is 6.54 Å². The summed E-state index contributed by atoms with van der Waals surface area (Å²) in [6, 6.07) is 7.33. The number of halogens is 1. The number of hydrogen-bond acceptors (Lipinski definition) is 4. The van der Waals surface area contributed by atoms with E-state index < -0.39 is 10.7 Å².